The van der Waals surface area contributed by atoms with E-state index in [9.17, 15) is 9.59 Å². The Morgan fingerprint density at radius 2 is 1.76 bits per heavy atom. The molecule has 1 heterocycles. The Hall–Kier alpha value is -2.04. The van der Waals surface area contributed by atoms with Crippen LogP contribution in [0.3, 0.4) is 0 Å². The predicted molar refractivity (Wildman–Crippen MR) is 82.5 cm³/mol. The molecule has 0 spiro atoms. The van der Waals surface area contributed by atoms with E-state index >= 15 is 0 Å². The number of ether oxygens (including phenoxy) is 1. The molecule has 2 rings (SSSR count). The summed E-state index contributed by atoms with van der Waals surface area (Å²) in [4.78, 5) is 27.0. The van der Waals surface area contributed by atoms with E-state index in [1.54, 1.807) is 11.9 Å². The summed E-state index contributed by atoms with van der Waals surface area (Å²) in [7, 11) is 3.05. The van der Waals surface area contributed by atoms with E-state index < -0.39 is 0 Å². The Morgan fingerprint density at radius 3 is 2.33 bits per heavy atom. The summed E-state index contributed by atoms with van der Waals surface area (Å²) in [5.74, 6) is -0.449. The van der Waals surface area contributed by atoms with Crippen LogP contribution in [0.15, 0.2) is 24.3 Å². The molecule has 1 saturated heterocycles. The topological polar surface area (TPSA) is 49.9 Å². The normalized spacial score (nSPS) is 14.1. The van der Waals surface area contributed by atoms with Crippen LogP contribution < -0.4 is 9.80 Å². The van der Waals surface area contributed by atoms with Crippen molar-refractivity contribution in [2.24, 2.45) is 0 Å². The highest BCUT2D eigenvalue weighted by atomic mass is 16.5. The smallest absolute Gasteiger partial charge is 0.306 e. The van der Waals surface area contributed by atoms with E-state index in [1.807, 2.05) is 24.3 Å². The molecule has 0 radical (unpaired) electrons. The number of nitrogens with zero attached hydrogens (tertiary/aromatic N) is 2. The highest BCUT2D eigenvalue weighted by Gasteiger charge is 2.15. The lowest BCUT2D eigenvalue weighted by atomic mass is 10.2. The van der Waals surface area contributed by atoms with Gasteiger partial charge in [-0.3, -0.25) is 9.59 Å². The summed E-state index contributed by atoms with van der Waals surface area (Å²) in [6.07, 6.45) is 2.77. The molecule has 0 aromatic heterocycles. The zero-order valence-corrected chi connectivity index (χ0v) is 12.7. The van der Waals surface area contributed by atoms with Crippen molar-refractivity contribution in [1.29, 1.82) is 0 Å². The first-order valence-corrected chi connectivity index (χ1v) is 7.30. The Morgan fingerprint density at radius 1 is 1.14 bits per heavy atom. The van der Waals surface area contributed by atoms with Gasteiger partial charge in [-0.2, -0.15) is 0 Å². The molecule has 0 bridgehead atoms. The van der Waals surface area contributed by atoms with Crippen molar-refractivity contribution in [1.82, 2.24) is 0 Å². The average molecular weight is 290 g/mol. The summed E-state index contributed by atoms with van der Waals surface area (Å²) in [5, 5.41) is 0. The van der Waals surface area contributed by atoms with E-state index in [-0.39, 0.29) is 24.7 Å². The predicted octanol–water partition coefficient (Wildman–Crippen LogP) is 2.20. The van der Waals surface area contributed by atoms with Gasteiger partial charge >= 0.3 is 5.97 Å². The number of carbonyl (C=O) groups is 2. The van der Waals surface area contributed by atoms with Crippen LogP contribution in [0, 0.1) is 0 Å². The lowest BCUT2D eigenvalue weighted by Crippen LogP contribution is -2.26. The fourth-order valence-corrected chi connectivity index (χ4v) is 2.49. The number of esters is 1. The maximum absolute atomic E-state index is 12.0. The molecule has 0 atom stereocenters. The van der Waals surface area contributed by atoms with Gasteiger partial charge < -0.3 is 14.5 Å². The molecule has 0 saturated carbocycles. The van der Waals surface area contributed by atoms with E-state index in [0.717, 1.165) is 18.8 Å². The molecule has 1 amide bonds. The highest BCUT2D eigenvalue weighted by Crippen LogP contribution is 2.23. The van der Waals surface area contributed by atoms with Crippen molar-refractivity contribution in [3.8, 4) is 0 Å². The summed E-state index contributed by atoms with van der Waals surface area (Å²) >= 11 is 0. The van der Waals surface area contributed by atoms with Gasteiger partial charge in [0, 0.05) is 37.9 Å². The first kappa shape index (κ1) is 15.4. The maximum atomic E-state index is 12.0. The van der Waals surface area contributed by atoms with Gasteiger partial charge in [0.1, 0.15) is 0 Å². The van der Waals surface area contributed by atoms with Crippen molar-refractivity contribution in [3.05, 3.63) is 24.3 Å². The molecule has 0 unspecified atom stereocenters. The van der Waals surface area contributed by atoms with Crippen LogP contribution in [0.25, 0.3) is 0 Å². The largest absolute Gasteiger partial charge is 0.469 e. The number of methoxy groups -OCH3 is 1. The Kier molecular flexibility index (Phi) is 5.20. The SMILES string of the molecule is COC(=O)CCC(=O)N(C)c1ccc(N2CCCC2)cc1. The quantitative estimate of drug-likeness (QED) is 0.780. The molecule has 1 fully saturated rings. The fourth-order valence-electron chi connectivity index (χ4n) is 2.49. The molecule has 1 aromatic rings. The molecular formula is C16H22N2O3. The van der Waals surface area contributed by atoms with E-state index in [0.29, 0.717) is 0 Å². The van der Waals surface area contributed by atoms with E-state index in [1.165, 1.54) is 25.6 Å². The maximum Gasteiger partial charge on any atom is 0.306 e. The van der Waals surface area contributed by atoms with Gasteiger partial charge in [0.25, 0.3) is 0 Å². The average Bonchev–Trinajstić information content (AvgIpc) is 3.06. The molecular weight excluding hydrogens is 268 g/mol. The van der Waals surface area contributed by atoms with Crippen LogP contribution in [-0.2, 0) is 14.3 Å². The number of rotatable bonds is 5. The highest BCUT2D eigenvalue weighted by molar-refractivity contribution is 5.94. The lowest BCUT2D eigenvalue weighted by molar-refractivity contribution is -0.141. The Balaban J connectivity index is 1.94. The van der Waals surface area contributed by atoms with E-state index in [4.69, 9.17) is 0 Å². The molecule has 21 heavy (non-hydrogen) atoms. The van der Waals surface area contributed by atoms with Gasteiger partial charge in [-0.15, -0.1) is 0 Å². The molecule has 1 aliphatic heterocycles. The van der Waals surface area contributed by atoms with Crippen LogP contribution in [0.1, 0.15) is 25.7 Å². The number of hydrogen-bond acceptors (Lipinski definition) is 4. The van der Waals surface area contributed by atoms with Crippen molar-refractivity contribution in [3.63, 3.8) is 0 Å². The molecule has 0 aliphatic carbocycles. The summed E-state index contributed by atoms with van der Waals surface area (Å²) < 4.78 is 4.54. The van der Waals surface area contributed by atoms with Gasteiger partial charge in [0.2, 0.25) is 5.91 Å². The zero-order valence-electron chi connectivity index (χ0n) is 12.7. The molecule has 114 valence electrons. The third-order valence-electron chi connectivity index (χ3n) is 3.85. The second-order valence-electron chi connectivity index (χ2n) is 5.24. The van der Waals surface area contributed by atoms with Crippen LogP contribution >= 0.6 is 0 Å². The number of benzene rings is 1. The number of anilines is 2. The number of hydrogen-bond donors (Lipinski definition) is 0. The minimum absolute atomic E-state index is 0.0886. The Bertz CT molecular complexity index is 493. The van der Waals surface area contributed by atoms with Crippen LogP contribution in [0.2, 0.25) is 0 Å². The molecule has 1 aromatic carbocycles. The van der Waals surface area contributed by atoms with Crippen LogP contribution in [0.4, 0.5) is 11.4 Å². The third-order valence-corrected chi connectivity index (χ3v) is 3.85. The van der Waals surface area contributed by atoms with Gasteiger partial charge in [-0.1, -0.05) is 0 Å². The number of carbonyl (C=O) groups excluding carboxylic acids is 2. The molecule has 5 nitrogen and oxygen atoms in total. The molecule has 1 aliphatic rings. The number of amides is 1. The first-order chi connectivity index (χ1) is 10.1. The summed E-state index contributed by atoms with van der Waals surface area (Å²) in [5.41, 5.74) is 2.04. The van der Waals surface area contributed by atoms with Crippen LogP contribution in [-0.4, -0.2) is 39.1 Å². The fraction of sp³-hybridized carbons (Fsp3) is 0.500. The molecule has 0 N–H and O–H groups in total. The Labute approximate surface area is 125 Å². The monoisotopic (exact) mass is 290 g/mol. The lowest BCUT2D eigenvalue weighted by Gasteiger charge is -2.21. The van der Waals surface area contributed by atoms with Gasteiger partial charge in [0.15, 0.2) is 0 Å². The van der Waals surface area contributed by atoms with Crippen molar-refractivity contribution in [2.45, 2.75) is 25.7 Å². The second kappa shape index (κ2) is 7.11. The minimum Gasteiger partial charge on any atom is -0.469 e. The molecule has 5 heteroatoms. The van der Waals surface area contributed by atoms with Crippen LogP contribution in [0.5, 0.6) is 0 Å². The summed E-state index contributed by atoms with van der Waals surface area (Å²) in [6, 6.07) is 7.99. The zero-order chi connectivity index (χ0) is 15.2. The van der Waals surface area contributed by atoms with Crippen molar-refractivity contribution >= 4 is 23.3 Å². The summed E-state index contributed by atoms with van der Waals surface area (Å²) in [6.45, 7) is 2.21. The third kappa shape index (κ3) is 3.97. The second-order valence-corrected chi connectivity index (χ2v) is 5.24. The van der Waals surface area contributed by atoms with Gasteiger partial charge in [-0.25, -0.2) is 0 Å². The standard InChI is InChI=1S/C16H22N2O3/c1-17(15(19)9-10-16(20)21-2)13-5-7-14(8-6-13)18-11-3-4-12-18/h5-8H,3-4,9-12H2,1-2H3. The van der Waals surface area contributed by atoms with Gasteiger partial charge in [-0.05, 0) is 37.1 Å². The van der Waals surface area contributed by atoms with Gasteiger partial charge in [0.05, 0.1) is 13.5 Å². The van der Waals surface area contributed by atoms with Crippen molar-refractivity contribution < 1.29 is 14.3 Å². The minimum atomic E-state index is -0.360. The van der Waals surface area contributed by atoms with Crippen molar-refractivity contribution in [2.75, 3.05) is 37.0 Å². The van der Waals surface area contributed by atoms with E-state index in [2.05, 4.69) is 9.64 Å². The first-order valence-electron chi connectivity index (χ1n) is 7.30.